The number of nitrogens with zero attached hydrogens (tertiary/aromatic N) is 2. The molecular formula is C42H38N2. The van der Waals surface area contributed by atoms with Gasteiger partial charge in [-0.2, -0.15) is 0 Å². The summed E-state index contributed by atoms with van der Waals surface area (Å²) in [4.78, 5) is 4.75. The maximum Gasteiger partial charge on any atom is 0.0465 e. The second-order valence-corrected chi connectivity index (χ2v) is 12.2. The van der Waals surface area contributed by atoms with Crippen LogP contribution >= 0.6 is 0 Å². The van der Waals surface area contributed by atoms with Crippen molar-refractivity contribution < 1.29 is 0 Å². The molecule has 0 bridgehead atoms. The SMILES string of the molecule is CCC1(C)c2cc(N(c3ccccc3)c3ccc(C)cc3)ccc2-c2ccc(N(c3ccccc3)c3ccc(C)cc3)cc21. The van der Waals surface area contributed by atoms with Crippen LogP contribution in [0.3, 0.4) is 0 Å². The molecule has 6 aromatic rings. The van der Waals surface area contributed by atoms with Crippen LogP contribution in [0.25, 0.3) is 11.1 Å². The Kier molecular flexibility index (Phi) is 7.06. The Bertz CT molecular complexity index is 1770. The molecule has 0 fully saturated rings. The topological polar surface area (TPSA) is 6.48 Å². The fourth-order valence-corrected chi connectivity index (χ4v) is 6.69. The lowest BCUT2D eigenvalue weighted by Crippen LogP contribution is -2.20. The van der Waals surface area contributed by atoms with Crippen LogP contribution in [0, 0.1) is 13.8 Å². The molecule has 0 heterocycles. The summed E-state index contributed by atoms with van der Waals surface area (Å²) in [5, 5.41) is 0. The third kappa shape index (κ3) is 4.77. The standard InChI is InChI=1S/C42H38N2/c1-5-42(4)40-28-36(43(32-12-8-6-9-13-32)34-20-16-30(2)17-21-34)24-26-38(40)39-27-25-37(29-41(39)42)44(33-14-10-7-11-15-33)35-22-18-31(3)19-23-35/h6-29H,5H2,1-4H3. The molecule has 2 nitrogen and oxygen atoms in total. The van der Waals surface area contributed by atoms with Gasteiger partial charge in [0.05, 0.1) is 0 Å². The number of fused-ring (bicyclic) bond motifs is 3. The Balaban J connectivity index is 1.36. The first-order chi connectivity index (χ1) is 21.5. The lowest BCUT2D eigenvalue weighted by molar-refractivity contribution is 0.564. The molecule has 0 amide bonds. The van der Waals surface area contributed by atoms with Crippen molar-refractivity contribution in [3.63, 3.8) is 0 Å². The van der Waals surface area contributed by atoms with E-state index >= 15 is 0 Å². The van der Waals surface area contributed by atoms with E-state index in [0.29, 0.717) is 0 Å². The summed E-state index contributed by atoms with van der Waals surface area (Å²) < 4.78 is 0. The average Bonchev–Trinajstić information content (AvgIpc) is 3.31. The van der Waals surface area contributed by atoms with Gasteiger partial charge >= 0.3 is 0 Å². The van der Waals surface area contributed by atoms with E-state index in [1.165, 1.54) is 44.8 Å². The minimum absolute atomic E-state index is 0.123. The third-order valence-electron chi connectivity index (χ3n) is 9.32. The van der Waals surface area contributed by atoms with Crippen LogP contribution in [0.5, 0.6) is 0 Å². The summed E-state index contributed by atoms with van der Waals surface area (Å²) in [5.74, 6) is 0. The van der Waals surface area contributed by atoms with E-state index in [1.807, 2.05) is 0 Å². The fourth-order valence-electron chi connectivity index (χ4n) is 6.69. The zero-order chi connectivity index (χ0) is 30.3. The van der Waals surface area contributed by atoms with E-state index in [-0.39, 0.29) is 5.41 Å². The third-order valence-corrected chi connectivity index (χ3v) is 9.32. The van der Waals surface area contributed by atoms with Crippen molar-refractivity contribution in [1.82, 2.24) is 0 Å². The highest BCUT2D eigenvalue weighted by Gasteiger charge is 2.39. The zero-order valence-electron chi connectivity index (χ0n) is 26.0. The van der Waals surface area contributed by atoms with Crippen LogP contribution < -0.4 is 9.80 Å². The molecule has 216 valence electrons. The van der Waals surface area contributed by atoms with Crippen LogP contribution in [0.15, 0.2) is 146 Å². The lowest BCUT2D eigenvalue weighted by atomic mass is 9.77. The van der Waals surface area contributed by atoms with Crippen molar-refractivity contribution in [2.45, 2.75) is 39.5 Å². The zero-order valence-corrected chi connectivity index (χ0v) is 26.0. The largest absolute Gasteiger partial charge is 0.310 e. The molecule has 7 rings (SSSR count). The van der Waals surface area contributed by atoms with Gasteiger partial charge in [-0.1, -0.05) is 97.8 Å². The second kappa shape index (κ2) is 11.2. The number of rotatable bonds is 7. The van der Waals surface area contributed by atoms with Gasteiger partial charge in [0.15, 0.2) is 0 Å². The van der Waals surface area contributed by atoms with E-state index < -0.39 is 0 Å². The van der Waals surface area contributed by atoms with Crippen molar-refractivity contribution >= 4 is 34.1 Å². The summed E-state index contributed by atoms with van der Waals surface area (Å²) >= 11 is 0. The molecule has 0 aliphatic heterocycles. The number of benzene rings is 6. The summed E-state index contributed by atoms with van der Waals surface area (Å²) in [6.45, 7) is 9.02. The summed E-state index contributed by atoms with van der Waals surface area (Å²) in [6, 6.07) is 53.1. The van der Waals surface area contributed by atoms with Gasteiger partial charge in [0.1, 0.15) is 0 Å². The van der Waals surface area contributed by atoms with Gasteiger partial charge in [-0.15, -0.1) is 0 Å². The van der Waals surface area contributed by atoms with Crippen molar-refractivity contribution in [1.29, 1.82) is 0 Å². The summed E-state index contributed by atoms with van der Waals surface area (Å²) in [5.41, 5.74) is 14.8. The number of hydrogen-bond donors (Lipinski definition) is 0. The Labute approximate surface area is 261 Å². The summed E-state index contributed by atoms with van der Waals surface area (Å²) in [7, 11) is 0. The molecule has 0 atom stereocenters. The number of aryl methyl sites for hydroxylation is 2. The average molecular weight is 571 g/mol. The van der Waals surface area contributed by atoms with Crippen LogP contribution in [-0.4, -0.2) is 0 Å². The molecule has 1 aliphatic rings. The first-order valence-electron chi connectivity index (χ1n) is 15.6. The second-order valence-electron chi connectivity index (χ2n) is 12.2. The van der Waals surface area contributed by atoms with Gasteiger partial charge < -0.3 is 9.80 Å². The van der Waals surface area contributed by atoms with E-state index in [0.717, 1.165) is 29.2 Å². The van der Waals surface area contributed by atoms with E-state index in [9.17, 15) is 0 Å². The van der Waals surface area contributed by atoms with Gasteiger partial charge in [-0.3, -0.25) is 0 Å². The van der Waals surface area contributed by atoms with Crippen molar-refractivity contribution in [2.75, 3.05) is 9.80 Å². The van der Waals surface area contributed by atoms with Gasteiger partial charge in [0.25, 0.3) is 0 Å². The normalized spacial score (nSPS) is 12.8. The predicted octanol–water partition coefficient (Wildman–Crippen LogP) is 11.9. The smallest absolute Gasteiger partial charge is 0.0465 e. The van der Waals surface area contributed by atoms with Crippen LogP contribution in [-0.2, 0) is 5.41 Å². The summed E-state index contributed by atoms with van der Waals surface area (Å²) in [6.07, 6.45) is 1.01. The van der Waals surface area contributed by atoms with Crippen molar-refractivity contribution in [3.05, 3.63) is 168 Å². The highest BCUT2D eigenvalue weighted by atomic mass is 15.1. The minimum atomic E-state index is -0.123. The predicted molar refractivity (Wildman–Crippen MR) is 187 cm³/mol. The maximum atomic E-state index is 2.43. The van der Waals surface area contributed by atoms with Crippen LogP contribution in [0.1, 0.15) is 42.5 Å². The van der Waals surface area contributed by atoms with Gasteiger partial charge in [0.2, 0.25) is 0 Å². The molecule has 0 spiro atoms. The molecule has 2 heteroatoms. The Hall–Kier alpha value is -5.08. The van der Waals surface area contributed by atoms with E-state index in [1.54, 1.807) is 0 Å². The van der Waals surface area contributed by atoms with Crippen LogP contribution in [0.2, 0.25) is 0 Å². The van der Waals surface area contributed by atoms with Gasteiger partial charge in [0, 0.05) is 39.5 Å². The molecule has 0 unspecified atom stereocenters. The van der Waals surface area contributed by atoms with Crippen LogP contribution in [0.4, 0.5) is 34.1 Å². The van der Waals surface area contributed by atoms with E-state index in [2.05, 4.69) is 183 Å². The molecule has 0 N–H and O–H groups in total. The molecular weight excluding hydrogens is 532 g/mol. The Morgan fingerprint density at radius 3 is 1.14 bits per heavy atom. The minimum Gasteiger partial charge on any atom is -0.310 e. The van der Waals surface area contributed by atoms with Gasteiger partial charge in [-0.05, 0) is 115 Å². The highest BCUT2D eigenvalue weighted by Crippen LogP contribution is 2.54. The molecule has 0 radical (unpaired) electrons. The Morgan fingerprint density at radius 2 is 0.773 bits per heavy atom. The first-order valence-corrected chi connectivity index (χ1v) is 15.6. The quantitative estimate of drug-likeness (QED) is 0.188. The molecule has 0 saturated carbocycles. The lowest BCUT2D eigenvalue weighted by Gasteiger charge is -2.30. The molecule has 0 aromatic heterocycles. The first kappa shape index (κ1) is 27.7. The van der Waals surface area contributed by atoms with Crippen molar-refractivity contribution in [2.24, 2.45) is 0 Å². The monoisotopic (exact) mass is 570 g/mol. The van der Waals surface area contributed by atoms with E-state index in [4.69, 9.17) is 0 Å². The molecule has 6 aromatic carbocycles. The van der Waals surface area contributed by atoms with Crippen molar-refractivity contribution in [3.8, 4) is 11.1 Å². The van der Waals surface area contributed by atoms with Gasteiger partial charge in [-0.25, -0.2) is 0 Å². The highest BCUT2D eigenvalue weighted by molar-refractivity contribution is 5.88. The molecule has 1 aliphatic carbocycles. The maximum absolute atomic E-state index is 2.43. The fraction of sp³-hybridized carbons (Fsp3) is 0.143. The Morgan fingerprint density at radius 1 is 0.432 bits per heavy atom. The number of hydrogen-bond acceptors (Lipinski definition) is 2. The molecule has 0 saturated heterocycles. The molecule has 44 heavy (non-hydrogen) atoms. The number of para-hydroxylation sites is 2. The number of anilines is 6.